The van der Waals surface area contributed by atoms with E-state index in [9.17, 15) is 9.18 Å². The Morgan fingerprint density at radius 1 is 1.32 bits per heavy atom. The van der Waals surface area contributed by atoms with Crippen LogP contribution in [0.4, 0.5) is 10.1 Å². The topological polar surface area (TPSA) is 43.3 Å². The Morgan fingerprint density at radius 3 is 2.89 bits per heavy atom. The zero-order valence-corrected chi connectivity index (χ0v) is 10.6. The highest BCUT2D eigenvalue weighted by atomic mass is 19.1. The molecule has 0 amide bonds. The number of anilines is 1. The summed E-state index contributed by atoms with van der Waals surface area (Å²) in [6.07, 6.45) is 1.73. The van der Waals surface area contributed by atoms with Gasteiger partial charge in [-0.3, -0.25) is 4.79 Å². The molecule has 4 nitrogen and oxygen atoms in total. The molecule has 100 valence electrons. The fraction of sp³-hybridized carbons (Fsp3) is 0.214. The number of rotatable bonds is 5. The molecule has 0 spiro atoms. The molecule has 1 heterocycles. The van der Waals surface area contributed by atoms with Crippen LogP contribution in [0.25, 0.3) is 0 Å². The minimum absolute atomic E-state index is 0.0460. The van der Waals surface area contributed by atoms with Crippen LogP contribution in [0, 0.1) is 5.82 Å². The van der Waals surface area contributed by atoms with E-state index in [1.54, 1.807) is 29.0 Å². The van der Waals surface area contributed by atoms with Crippen LogP contribution >= 0.6 is 0 Å². The zero-order chi connectivity index (χ0) is 13.7. The molecule has 0 bridgehead atoms. The first-order chi connectivity index (χ1) is 9.20. The summed E-state index contributed by atoms with van der Waals surface area (Å²) in [5.74, 6) is 0.0992. The molecule has 0 saturated carbocycles. The second-order valence-electron chi connectivity index (χ2n) is 4.00. The summed E-state index contributed by atoms with van der Waals surface area (Å²) in [6, 6.07) is 9.31. The predicted molar refractivity (Wildman–Crippen MR) is 72.1 cm³/mol. The first-order valence-corrected chi connectivity index (χ1v) is 5.93. The Kier molecular flexibility index (Phi) is 4.18. The molecule has 2 aromatic rings. The Hall–Kier alpha value is -2.30. The summed E-state index contributed by atoms with van der Waals surface area (Å²) >= 11 is 0. The SMILES string of the molecule is COc1cc(F)ccc1NCCn1ccccc1=O. The molecule has 0 atom stereocenters. The highest BCUT2D eigenvalue weighted by Crippen LogP contribution is 2.24. The fourth-order valence-electron chi connectivity index (χ4n) is 1.77. The van der Waals surface area contributed by atoms with Gasteiger partial charge in [0.1, 0.15) is 11.6 Å². The number of pyridine rings is 1. The molecule has 1 aromatic heterocycles. The molecule has 0 aliphatic heterocycles. The zero-order valence-electron chi connectivity index (χ0n) is 10.6. The fourth-order valence-corrected chi connectivity index (χ4v) is 1.77. The highest BCUT2D eigenvalue weighted by molar-refractivity contribution is 5.56. The molecule has 0 fully saturated rings. The molecule has 0 aliphatic rings. The summed E-state index contributed by atoms with van der Waals surface area (Å²) in [4.78, 5) is 11.5. The van der Waals surface area contributed by atoms with E-state index >= 15 is 0 Å². The molecule has 2 rings (SSSR count). The van der Waals surface area contributed by atoms with Crippen molar-refractivity contribution in [1.82, 2.24) is 4.57 Å². The lowest BCUT2D eigenvalue weighted by Crippen LogP contribution is -2.22. The average molecular weight is 262 g/mol. The van der Waals surface area contributed by atoms with Crippen LogP contribution in [0.2, 0.25) is 0 Å². The van der Waals surface area contributed by atoms with Gasteiger partial charge in [0.2, 0.25) is 0 Å². The summed E-state index contributed by atoms with van der Waals surface area (Å²) in [6.45, 7) is 1.08. The first kappa shape index (κ1) is 13.1. The van der Waals surface area contributed by atoms with Crippen LogP contribution in [0.1, 0.15) is 0 Å². The average Bonchev–Trinajstić information content (AvgIpc) is 2.42. The lowest BCUT2D eigenvalue weighted by molar-refractivity contribution is 0.413. The Labute approximate surface area is 110 Å². The van der Waals surface area contributed by atoms with Gasteiger partial charge in [0.05, 0.1) is 12.8 Å². The van der Waals surface area contributed by atoms with Gasteiger partial charge in [-0.25, -0.2) is 4.39 Å². The van der Waals surface area contributed by atoms with Crippen molar-refractivity contribution in [2.45, 2.75) is 6.54 Å². The molecule has 0 radical (unpaired) electrons. The number of nitrogens with one attached hydrogen (secondary N) is 1. The maximum absolute atomic E-state index is 13.0. The third-order valence-electron chi connectivity index (χ3n) is 2.73. The number of aromatic nitrogens is 1. The molecule has 0 unspecified atom stereocenters. The number of ether oxygens (including phenoxy) is 1. The lowest BCUT2D eigenvalue weighted by Gasteiger charge is -2.11. The lowest BCUT2D eigenvalue weighted by atomic mass is 10.3. The standard InChI is InChI=1S/C14H15FN2O2/c1-19-13-10-11(15)5-6-12(13)16-7-9-17-8-3-2-4-14(17)18/h2-6,8,10,16H,7,9H2,1H3. The van der Waals surface area contributed by atoms with E-state index in [2.05, 4.69) is 5.32 Å². The van der Waals surface area contributed by atoms with Crippen LogP contribution in [-0.2, 0) is 6.54 Å². The van der Waals surface area contributed by atoms with Gasteiger partial charge in [0.15, 0.2) is 0 Å². The second kappa shape index (κ2) is 6.04. The molecule has 0 saturated heterocycles. The van der Waals surface area contributed by atoms with Crippen molar-refractivity contribution in [1.29, 1.82) is 0 Å². The van der Waals surface area contributed by atoms with Crippen LogP contribution in [0.5, 0.6) is 5.75 Å². The van der Waals surface area contributed by atoms with Gasteiger partial charge >= 0.3 is 0 Å². The summed E-state index contributed by atoms with van der Waals surface area (Å²) in [5.41, 5.74) is 0.656. The van der Waals surface area contributed by atoms with Crippen molar-refractivity contribution in [2.75, 3.05) is 19.0 Å². The van der Waals surface area contributed by atoms with Gasteiger partial charge in [-0.15, -0.1) is 0 Å². The van der Waals surface area contributed by atoms with Gasteiger partial charge in [-0.2, -0.15) is 0 Å². The molecular formula is C14H15FN2O2. The summed E-state index contributed by atoms with van der Waals surface area (Å²) < 4.78 is 19.7. The first-order valence-electron chi connectivity index (χ1n) is 5.93. The minimum atomic E-state index is -0.346. The second-order valence-corrected chi connectivity index (χ2v) is 4.00. The highest BCUT2D eigenvalue weighted by Gasteiger charge is 2.03. The maximum Gasteiger partial charge on any atom is 0.250 e. The third-order valence-corrected chi connectivity index (χ3v) is 2.73. The van der Waals surface area contributed by atoms with E-state index in [-0.39, 0.29) is 11.4 Å². The van der Waals surface area contributed by atoms with Crippen molar-refractivity contribution >= 4 is 5.69 Å². The Balaban J connectivity index is 2.00. The predicted octanol–water partition coefficient (Wildman–Crippen LogP) is 2.11. The summed E-state index contributed by atoms with van der Waals surface area (Å²) in [7, 11) is 1.49. The molecule has 1 N–H and O–H groups in total. The number of hydrogen-bond donors (Lipinski definition) is 1. The Morgan fingerprint density at radius 2 is 2.16 bits per heavy atom. The molecule has 1 aromatic carbocycles. The van der Waals surface area contributed by atoms with Crippen LogP contribution in [0.15, 0.2) is 47.4 Å². The van der Waals surface area contributed by atoms with E-state index in [1.807, 2.05) is 0 Å². The number of benzene rings is 1. The maximum atomic E-state index is 13.0. The van der Waals surface area contributed by atoms with Gasteiger partial charge in [0.25, 0.3) is 5.56 Å². The van der Waals surface area contributed by atoms with E-state index in [1.165, 1.54) is 25.3 Å². The van der Waals surface area contributed by atoms with Gasteiger partial charge < -0.3 is 14.6 Å². The third kappa shape index (κ3) is 3.34. The van der Waals surface area contributed by atoms with E-state index in [4.69, 9.17) is 4.74 Å². The van der Waals surface area contributed by atoms with Crippen molar-refractivity contribution < 1.29 is 9.13 Å². The van der Waals surface area contributed by atoms with Gasteiger partial charge in [0, 0.05) is 31.4 Å². The van der Waals surface area contributed by atoms with Crippen LogP contribution < -0.4 is 15.6 Å². The van der Waals surface area contributed by atoms with E-state index in [0.717, 1.165) is 0 Å². The van der Waals surface area contributed by atoms with Gasteiger partial charge in [-0.1, -0.05) is 6.07 Å². The summed E-state index contributed by atoms with van der Waals surface area (Å²) in [5, 5.41) is 3.12. The minimum Gasteiger partial charge on any atom is -0.494 e. The van der Waals surface area contributed by atoms with Crippen molar-refractivity contribution in [3.63, 3.8) is 0 Å². The van der Waals surface area contributed by atoms with Gasteiger partial charge in [-0.05, 0) is 18.2 Å². The van der Waals surface area contributed by atoms with Crippen LogP contribution in [0.3, 0.4) is 0 Å². The van der Waals surface area contributed by atoms with E-state index < -0.39 is 0 Å². The monoisotopic (exact) mass is 262 g/mol. The van der Waals surface area contributed by atoms with Crippen molar-refractivity contribution in [2.24, 2.45) is 0 Å². The smallest absolute Gasteiger partial charge is 0.250 e. The largest absolute Gasteiger partial charge is 0.494 e. The number of halogens is 1. The van der Waals surface area contributed by atoms with Crippen molar-refractivity contribution in [3.8, 4) is 5.75 Å². The van der Waals surface area contributed by atoms with Crippen LogP contribution in [-0.4, -0.2) is 18.2 Å². The molecule has 5 heteroatoms. The normalized spacial score (nSPS) is 10.2. The number of methoxy groups -OCH3 is 1. The number of nitrogens with zero attached hydrogens (tertiary/aromatic N) is 1. The Bertz CT molecular complexity index is 610. The number of hydrogen-bond acceptors (Lipinski definition) is 3. The molecular weight excluding hydrogens is 247 g/mol. The molecule has 19 heavy (non-hydrogen) atoms. The van der Waals surface area contributed by atoms with Crippen molar-refractivity contribution in [3.05, 3.63) is 58.8 Å². The molecule has 0 aliphatic carbocycles. The quantitative estimate of drug-likeness (QED) is 0.897. The van der Waals surface area contributed by atoms with E-state index in [0.29, 0.717) is 24.5 Å².